The maximum Gasteiger partial charge on any atom is 0.336 e. The molecule has 2 aromatic carbocycles. The maximum atomic E-state index is 12.3. The fourth-order valence-electron chi connectivity index (χ4n) is 3.10. The van der Waals surface area contributed by atoms with E-state index in [4.69, 9.17) is 20.8 Å². The standard InChI is InChI=1S/C22H18ClN3O4/c1-14-9-22(28)30-19-11-17(5-6-18(14)19)29-13-21(27)25-20-7-8-24-26(20)12-15-3-2-4-16(23)10-15/h2-11H,12-13H2,1H3,(H,25,27). The van der Waals surface area contributed by atoms with Crippen LogP contribution in [0.2, 0.25) is 5.02 Å². The zero-order chi connectivity index (χ0) is 21.1. The summed E-state index contributed by atoms with van der Waals surface area (Å²) in [4.78, 5) is 23.9. The highest BCUT2D eigenvalue weighted by Gasteiger charge is 2.10. The summed E-state index contributed by atoms with van der Waals surface area (Å²) in [7, 11) is 0. The van der Waals surface area contributed by atoms with Crippen molar-refractivity contribution >= 4 is 34.3 Å². The van der Waals surface area contributed by atoms with Crippen molar-refractivity contribution in [1.82, 2.24) is 9.78 Å². The molecule has 0 aliphatic rings. The molecule has 0 saturated carbocycles. The lowest BCUT2D eigenvalue weighted by molar-refractivity contribution is -0.118. The number of anilines is 1. The zero-order valence-corrected chi connectivity index (χ0v) is 16.8. The average molecular weight is 424 g/mol. The molecule has 0 radical (unpaired) electrons. The predicted molar refractivity (Wildman–Crippen MR) is 114 cm³/mol. The lowest BCUT2D eigenvalue weighted by Gasteiger charge is -2.11. The van der Waals surface area contributed by atoms with Gasteiger partial charge in [-0.05, 0) is 42.3 Å². The van der Waals surface area contributed by atoms with Crippen LogP contribution in [0.3, 0.4) is 0 Å². The Morgan fingerprint density at radius 3 is 2.90 bits per heavy atom. The topological polar surface area (TPSA) is 86.4 Å². The van der Waals surface area contributed by atoms with Gasteiger partial charge in [0.2, 0.25) is 0 Å². The third-order valence-electron chi connectivity index (χ3n) is 4.50. The minimum absolute atomic E-state index is 0.204. The molecule has 1 amide bonds. The predicted octanol–water partition coefficient (Wildman–Crippen LogP) is 4.02. The van der Waals surface area contributed by atoms with Crippen LogP contribution in [-0.4, -0.2) is 22.3 Å². The molecule has 2 heterocycles. The summed E-state index contributed by atoms with van der Waals surface area (Å²) in [5.41, 5.74) is 1.77. The largest absolute Gasteiger partial charge is 0.484 e. The van der Waals surface area contributed by atoms with Crippen LogP contribution in [0.4, 0.5) is 5.82 Å². The van der Waals surface area contributed by atoms with Crippen LogP contribution in [-0.2, 0) is 11.3 Å². The first-order chi connectivity index (χ1) is 14.5. The Morgan fingerprint density at radius 2 is 2.07 bits per heavy atom. The number of rotatable bonds is 6. The van der Waals surface area contributed by atoms with Gasteiger partial charge in [-0.25, -0.2) is 9.48 Å². The highest BCUT2D eigenvalue weighted by atomic mass is 35.5. The number of aromatic nitrogens is 2. The van der Waals surface area contributed by atoms with Crippen LogP contribution in [0.1, 0.15) is 11.1 Å². The minimum atomic E-state index is -0.428. The van der Waals surface area contributed by atoms with Crippen molar-refractivity contribution in [3.8, 4) is 5.75 Å². The van der Waals surface area contributed by atoms with E-state index in [2.05, 4.69) is 10.4 Å². The fourth-order valence-corrected chi connectivity index (χ4v) is 3.31. The van der Waals surface area contributed by atoms with Gasteiger partial charge in [0.1, 0.15) is 17.2 Å². The SMILES string of the molecule is Cc1cc(=O)oc2cc(OCC(=O)Nc3ccnn3Cc3cccc(Cl)c3)ccc12. The second kappa shape index (κ2) is 8.42. The summed E-state index contributed by atoms with van der Waals surface area (Å²) >= 11 is 6.02. The first-order valence-electron chi connectivity index (χ1n) is 9.21. The quantitative estimate of drug-likeness (QED) is 0.473. The van der Waals surface area contributed by atoms with E-state index in [1.807, 2.05) is 25.1 Å². The van der Waals surface area contributed by atoms with Crippen molar-refractivity contribution in [3.05, 3.63) is 87.4 Å². The molecular weight excluding hydrogens is 406 g/mol. The first kappa shape index (κ1) is 19.7. The molecule has 0 saturated heterocycles. The fraction of sp³-hybridized carbons (Fsp3) is 0.136. The first-order valence-corrected chi connectivity index (χ1v) is 9.59. The van der Waals surface area contributed by atoms with E-state index < -0.39 is 5.63 Å². The molecule has 30 heavy (non-hydrogen) atoms. The van der Waals surface area contributed by atoms with Gasteiger partial charge in [-0.1, -0.05) is 23.7 Å². The van der Waals surface area contributed by atoms with E-state index in [0.29, 0.717) is 28.7 Å². The van der Waals surface area contributed by atoms with Crippen LogP contribution in [0, 0.1) is 6.92 Å². The number of nitrogens with zero attached hydrogens (tertiary/aromatic N) is 2. The Hall–Kier alpha value is -3.58. The number of ether oxygens (including phenoxy) is 1. The van der Waals surface area contributed by atoms with Gasteiger partial charge in [-0.15, -0.1) is 0 Å². The summed E-state index contributed by atoms with van der Waals surface area (Å²) in [6.45, 7) is 2.09. The van der Waals surface area contributed by atoms with Gasteiger partial charge in [-0.3, -0.25) is 4.79 Å². The molecule has 4 aromatic rings. The van der Waals surface area contributed by atoms with Gasteiger partial charge in [0.25, 0.3) is 5.91 Å². The molecule has 0 atom stereocenters. The van der Waals surface area contributed by atoms with E-state index >= 15 is 0 Å². The number of amides is 1. The van der Waals surface area contributed by atoms with E-state index in [0.717, 1.165) is 16.5 Å². The van der Waals surface area contributed by atoms with Crippen molar-refractivity contribution in [2.75, 3.05) is 11.9 Å². The van der Waals surface area contributed by atoms with E-state index in [-0.39, 0.29) is 12.5 Å². The number of carbonyl (C=O) groups is 1. The molecule has 8 heteroatoms. The van der Waals surface area contributed by atoms with Gasteiger partial charge < -0.3 is 14.5 Å². The second-order valence-electron chi connectivity index (χ2n) is 6.75. The lowest BCUT2D eigenvalue weighted by atomic mass is 10.1. The van der Waals surface area contributed by atoms with Crippen LogP contribution in [0.5, 0.6) is 5.75 Å². The van der Waals surface area contributed by atoms with Crippen molar-refractivity contribution in [1.29, 1.82) is 0 Å². The van der Waals surface area contributed by atoms with Crippen molar-refractivity contribution in [2.45, 2.75) is 13.5 Å². The van der Waals surface area contributed by atoms with Crippen LogP contribution in [0.25, 0.3) is 11.0 Å². The molecule has 0 aliphatic carbocycles. The molecule has 4 rings (SSSR count). The highest BCUT2D eigenvalue weighted by Crippen LogP contribution is 2.22. The number of carbonyl (C=O) groups excluding carboxylic acids is 1. The van der Waals surface area contributed by atoms with Crippen LogP contribution >= 0.6 is 11.6 Å². The van der Waals surface area contributed by atoms with Crippen LogP contribution < -0.4 is 15.7 Å². The van der Waals surface area contributed by atoms with Crippen LogP contribution in [0.15, 0.2) is 70.0 Å². The summed E-state index contributed by atoms with van der Waals surface area (Å²) in [5.74, 6) is 0.635. The number of hydrogen-bond donors (Lipinski definition) is 1. The summed E-state index contributed by atoms with van der Waals surface area (Å²) < 4.78 is 12.4. The lowest BCUT2D eigenvalue weighted by Crippen LogP contribution is -2.22. The van der Waals surface area contributed by atoms with Gasteiger partial charge in [0.15, 0.2) is 6.61 Å². The molecule has 1 N–H and O–H groups in total. The molecule has 2 aromatic heterocycles. The summed E-state index contributed by atoms with van der Waals surface area (Å²) in [5, 5.41) is 8.48. The molecule has 0 aliphatic heterocycles. The Labute approximate surface area is 176 Å². The Kier molecular flexibility index (Phi) is 5.54. The van der Waals surface area contributed by atoms with Crippen molar-refractivity contribution in [2.24, 2.45) is 0 Å². The molecule has 152 valence electrons. The number of halogens is 1. The zero-order valence-electron chi connectivity index (χ0n) is 16.1. The summed E-state index contributed by atoms with van der Waals surface area (Å²) in [6, 6.07) is 15.7. The smallest absolute Gasteiger partial charge is 0.336 e. The highest BCUT2D eigenvalue weighted by molar-refractivity contribution is 6.30. The van der Waals surface area contributed by atoms with Gasteiger partial charge in [-0.2, -0.15) is 5.10 Å². The Bertz CT molecular complexity index is 1280. The maximum absolute atomic E-state index is 12.3. The van der Waals surface area contributed by atoms with Gasteiger partial charge >= 0.3 is 5.63 Å². The van der Waals surface area contributed by atoms with Gasteiger partial charge in [0, 0.05) is 28.6 Å². The number of nitrogens with one attached hydrogen (secondary N) is 1. The Balaban J connectivity index is 1.41. The van der Waals surface area contributed by atoms with E-state index in [9.17, 15) is 9.59 Å². The second-order valence-corrected chi connectivity index (χ2v) is 7.18. The normalized spacial score (nSPS) is 10.9. The van der Waals surface area contributed by atoms with Crippen molar-refractivity contribution in [3.63, 3.8) is 0 Å². The third kappa shape index (κ3) is 4.52. The Morgan fingerprint density at radius 1 is 1.20 bits per heavy atom. The number of hydrogen-bond acceptors (Lipinski definition) is 5. The average Bonchev–Trinajstić information content (AvgIpc) is 3.12. The van der Waals surface area contributed by atoms with E-state index in [1.165, 1.54) is 6.07 Å². The number of aryl methyl sites for hydroxylation is 1. The molecule has 0 spiro atoms. The van der Waals surface area contributed by atoms with E-state index in [1.54, 1.807) is 41.2 Å². The molecule has 0 unspecified atom stereocenters. The monoisotopic (exact) mass is 423 g/mol. The summed E-state index contributed by atoms with van der Waals surface area (Å²) in [6.07, 6.45) is 1.61. The molecular formula is C22H18ClN3O4. The molecule has 7 nitrogen and oxygen atoms in total. The minimum Gasteiger partial charge on any atom is -0.484 e. The number of benzene rings is 2. The van der Waals surface area contributed by atoms with Gasteiger partial charge in [0.05, 0.1) is 12.7 Å². The molecule has 0 fully saturated rings. The number of fused-ring (bicyclic) bond motifs is 1. The molecule has 0 bridgehead atoms. The third-order valence-corrected chi connectivity index (χ3v) is 4.73. The van der Waals surface area contributed by atoms with Crippen molar-refractivity contribution < 1.29 is 13.9 Å².